The molecule has 0 aliphatic carbocycles. The van der Waals surface area contributed by atoms with Gasteiger partial charge in [-0.05, 0) is 38.0 Å². The second kappa shape index (κ2) is 8.57. The van der Waals surface area contributed by atoms with Gasteiger partial charge in [0.2, 0.25) is 5.91 Å². The normalized spacial score (nSPS) is 22.8. The summed E-state index contributed by atoms with van der Waals surface area (Å²) in [5.74, 6) is -2.28. The van der Waals surface area contributed by atoms with Crippen molar-refractivity contribution < 1.29 is 27.3 Å². The van der Waals surface area contributed by atoms with Gasteiger partial charge in [-0.3, -0.25) is 13.8 Å². The molecule has 3 rings (SSSR count). The maximum absolute atomic E-state index is 13.1. The smallest absolute Gasteiger partial charge is 0.311 e. The minimum absolute atomic E-state index is 0.00823. The summed E-state index contributed by atoms with van der Waals surface area (Å²) in [6.45, 7) is 3.16. The Kier molecular flexibility index (Phi) is 6.28. The Morgan fingerprint density at radius 2 is 1.73 bits per heavy atom. The third-order valence-electron chi connectivity index (χ3n) is 5.76. The van der Waals surface area contributed by atoms with Crippen LogP contribution in [0, 0.1) is 11.3 Å². The van der Waals surface area contributed by atoms with Crippen molar-refractivity contribution in [3.63, 3.8) is 0 Å². The van der Waals surface area contributed by atoms with E-state index < -0.39 is 27.4 Å². The summed E-state index contributed by atoms with van der Waals surface area (Å²) < 4.78 is 29.7. The van der Waals surface area contributed by atoms with E-state index in [1.807, 2.05) is 37.3 Å². The average Bonchev–Trinajstić information content (AvgIpc) is 3.00. The Labute approximate surface area is 176 Å². The highest BCUT2D eigenvalue weighted by atomic mass is 32.2. The zero-order valence-electron chi connectivity index (χ0n) is 16.9. The number of carboxylic acids is 1. The van der Waals surface area contributed by atoms with Crippen molar-refractivity contribution in [2.45, 2.75) is 31.2 Å². The van der Waals surface area contributed by atoms with Crippen molar-refractivity contribution in [1.29, 1.82) is 0 Å². The first-order chi connectivity index (χ1) is 14.2. The topological polar surface area (TPSA) is 101 Å². The number of nitrogens with zero attached hydrogens (tertiary/aromatic N) is 1. The molecule has 160 valence electrons. The molecule has 1 aliphatic heterocycles. The molecule has 2 aromatic carbocycles. The van der Waals surface area contributed by atoms with E-state index in [1.165, 1.54) is 19.1 Å². The van der Waals surface area contributed by atoms with Crippen LogP contribution in [-0.4, -0.2) is 43.5 Å². The van der Waals surface area contributed by atoms with Crippen molar-refractivity contribution in [3.8, 4) is 0 Å². The van der Waals surface area contributed by atoms with Crippen LogP contribution in [-0.2, 0) is 23.9 Å². The van der Waals surface area contributed by atoms with Crippen molar-refractivity contribution >= 4 is 22.0 Å². The van der Waals surface area contributed by atoms with Gasteiger partial charge >= 0.3 is 5.97 Å². The maximum Gasteiger partial charge on any atom is 0.311 e. The Bertz CT molecular complexity index is 1010. The molecule has 30 heavy (non-hydrogen) atoms. The lowest BCUT2D eigenvalue weighted by atomic mass is 9.78. The fourth-order valence-electron chi connectivity index (χ4n) is 3.84. The van der Waals surface area contributed by atoms with Gasteiger partial charge in [0.05, 0.1) is 28.9 Å². The Hall–Kier alpha value is -2.71. The van der Waals surface area contributed by atoms with Crippen LogP contribution in [0.1, 0.15) is 31.9 Å². The Balaban J connectivity index is 1.75. The third-order valence-corrected chi connectivity index (χ3v) is 7.09. The minimum atomic E-state index is -3.97. The zero-order valence-corrected chi connectivity index (χ0v) is 17.7. The molecule has 1 N–H and O–H groups in total. The van der Waals surface area contributed by atoms with E-state index in [0.717, 1.165) is 5.56 Å². The highest BCUT2D eigenvalue weighted by molar-refractivity contribution is 7.86. The Morgan fingerprint density at radius 3 is 2.30 bits per heavy atom. The molecule has 1 aliphatic rings. The molecule has 0 bridgehead atoms. The van der Waals surface area contributed by atoms with Gasteiger partial charge < -0.3 is 10.0 Å². The zero-order chi connectivity index (χ0) is 21.9. The first kappa shape index (κ1) is 22.0. The molecule has 1 unspecified atom stereocenters. The fraction of sp³-hybridized carbons (Fsp3) is 0.364. The van der Waals surface area contributed by atoms with Gasteiger partial charge in [-0.2, -0.15) is 8.42 Å². The van der Waals surface area contributed by atoms with Gasteiger partial charge in [-0.25, -0.2) is 0 Å². The highest BCUT2D eigenvalue weighted by Gasteiger charge is 2.54. The second-order valence-electron chi connectivity index (χ2n) is 7.71. The maximum atomic E-state index is 13.1. The Morgan fingerprint density at radius 1 is 1.17 bits per heavy atom. The number of amides is 1. The van der Waals surface area contributed by atoms with E-state index in [4.69, 9.17) is 4.18 Å². The van der Waals surface area contributed by atoms with E-state index in [0.29, 0.717) is 0 Å². The van der Waals surface area contributed by atoms with Crippen LogP contribution in [0.4, 0.5) is 0 Å². The van der Waals surface area contributed by atoms with Gasteiger partial charge in [0.25, 0.3) is 10.1 Å². The van der Waals surface area contributed by atoms with Crippen molar-refractivity contribution in [2.24, 2.45) is 11.3 Å². The van der Waals surface area contributed by atoms with Crippen LogP contribution >= 0.6 is 0 Å². The third kappa shape index (κ3) is 4.24. The first-order valence-electron chi connectivity index (χ1n) is 9.70. The number of carbonyl (C=O) groups is 2. The van der Waals surface area contributed by atoms with Gasteiger partial charge in [0.1, 0.15) is 0 Å². The SMILES string of the molecule is C[C@H](c1ccccc1)N1C[C@@](C)(C(=O)O)C(CCOS(=O)(=O)c2ccccc2)C1=O. The monoisotopic (exact) mass is 431 g/mol. The number of hydrogen-bond acceptors (Lipinski definition) is 5. The molecule has 0 saturated carbocycles. The molecular weight excluding hydrogens is 406 g/mol. The van der Waals surface area contributed by atoms with Crippen LogP contribution in [0.5, 0.6) is 0 Å². The lowest BCUT2D eigenvalue weighted by Gasteiger charge is -2.26. The van der Waals surface area contributed by atoms with E-state index in [9.17, 15) is 23.1 Å². The summed E-state index contributed by atoms with van der Waals surface area (Å²) in [5, 5.41) is 9.83. The van der Waals surface area contributed by atoms with E-state index >= 15 is 0 Å². The van der Waals surface area contributed by atoms with E-state index in [2.05, 4.69) is 0 Å². The van der Waals surface area contributed by atoms with Crippen LogP contribution in [0.2, 0.25) is 0 Å². The molecule has 7 nitrogen and oxygen atoms in total. The highest BCUT2D eigenvalue weighted by Crippen LogP contribution is 2.42. The molecule has 8 heteroatoms. The quantitative estimate of drug-likeness (QED) is 0.645. The lowest BCUT2D eigenvalue weighted by molar-refractivity contribution is -0.151. The van der Waals surface area contributed by atoms with Crippen LogP contribution < -0.4 is 0 Å². The minimum Gasteiger partial charge on any atom is -0.481 e. The largest absolute Gasteiger partial charge is 0.481 e. The first-order valence-corrected chi connectivity index (χ1v) is 11.1. The molecule has 0 radical (unpaired) electrons. The summed E-state index contributed by atoms with van der Waals surface area (Å²) in [5.41, 5.74) is -0.429. The predicted molar refractivity (Wildman–Crippen MR) is 110 cm³/mol. The van der Waals surface area contributed by atoms with Crippen molar-refractivity contribution in [2.75, 3.05) is 13.2 Å². The van der Waals surface area contributed by atoms with Crippen LogP contribution in [0.3, 0.4) is 0 Å². The molecule has 1 fully saturated rings. The molecule has 1 amide bonds. The van der Waals surface area contributed by atoms with E-state index in [-0.39, 0.29) is 36.4 Å². The number of rotatable bonds is 8. The number of carbonyl (C=O) groups excluding carboxylic acids is 1. The van der Waals surface area contributed by atoms with Crippen molar-refractivity contribution in [1.82, 2.24) is 4.90 Å². The second-order valence-corrected chi connectivity index (χ2v) is 9.32. The molecule has 0 aromatic heterocycles. The summed E-state index contributed by atoms with van der Waals surface area (Å²) in [7, 11) is -3.97. The number of hydrogen-bond donors (Lipinski definition) is 1. The molecule has 2 aromatic rings. The predicted octanol–water partition coefficient (Wildman–Crippen LogP) is 3.09. The molecule has 1 heterocycles. The number of aliphatic carboxylic acids is 1. The fourth-order valence-corrected chi connectivity index (χ4v) is 4.79. The van der Waals surface area contributed by atoms with Gasteiger partial charge in [-0.1, -0.05) is 48.5 Å². The summed E-state index contributed by atoms with van der Waals surface area (Å²) in [6, 6.07) is 16.8. The number of carboxylic acid groups (broad SMARTS) is 1. The van der Waals surface area contributed by atoms with Crippen molar-refractivity contribution in [3.05, 3.63) is 66.2 Å². The summed E-state index contributed by atoms with van der Waals surface area (Å²) in [6.07, 6.45) is -0.00823. The van der Waals surface area contributed by atoms with Gasteiger partial charge in [0.15, 0.2) is 0 Å². The average molecular weight is 432 g/mol. The molecule has 1 saturated heterocycles. The number of benzene rings is 2. The number of likely N-dealkylation sites (tertiary alicyclic amines) is 1. The van der Waals surface area contributed by atoms with Gasteiger partial charge in [0, 0.05) is 6.54 Å². The summed E-state index contributed by atoms with van der Waals surface area (Å²) >= 11 is 0. The molecular formula is C22H25NO6S. The lowest BCUT2D eigenvalue weighted by Crippen LogP contribution is -2.37. The molecule has 3 atom stereocenters. The standard InChI is InChI=1S/C22H25NO6S/c1-16(17-9-5-3-6-10-17)23-15-22(2,21(25)26)19(20(23)24)13-14-29-30(27,28)18-11-7-4-8-12-18/h3-12,16,19H,13-15H2,1-2H3,(H,25,26)/t16-,19?,22-/m1/s1. The van der Waals surface area contributed by atoms with E-state index in [1.54, 1.807) is 23.1 Å². The molecule has 0 spiro atoms. The van der Waals surface area contributed by atoms with Crippen LogP contribution in [0.15, 0.2) is 65.6 Å². The summed E-state index contributed by atoms with van der Waals surface area (Å²) in [4.78, 5) is 26.7. The van der Waals surface area contributed by atoms with Gasteiger partial charge in [-0.15, -0.1) is 0 Å². The van der Waals surface area contributed by atoms with Crippen LogP contribution in [0.25, 0.3) is 0 Å².